The van der Waals surface area contributed by atoms with Gasteiger partial charge in [-0.05, 0) is 43.7 Å². The Bertz CT molecular complexity index is 499. The fourth-order valence-electron chi connectivity index (χ4n) is 1.94. The summed E-state index contributed by atoms with van der Waals surface area (Å²) >= 11 is 0. The standard InChI is InChI=1S/C15H18FNO/c1-3-9-17-10-12-7-8-14(18-12)15-11(2)5-4-6-13(15)16/h4-8,17H,3,9-10H2,1-2H3. The summed E-state index contributed by atoms with van der Waals surface area (Å²) in [6.45, 7) is 5.63. The first-order chi connectivity index (χ1) is 8.72. The highest BCUT2D eigenvalue weighted by molar-refractivity contribution is 5.62. The van der Waals surface area contributed by atoms with Crippen LogP contribution in [0.2, 0.25) is 0 Å². The van der Waals surface area contributed by atoms with Gasteiger partial charge in [-0.2, -0.15) is 0 Å². The quantitative estimate of drug-likeness (QED) is 0.811. The normalized spacial score (nSPS) is 10.8. The number of rotatable bonds is 5. The van der Waals surface area contributed by atoms with Gasteiger partial charge < -0.3 is 9.73 Å². The molecule has 2 rings (SSSR count). The molecule has 2 nitrogen and oxygen atoms in total. The lowest BCUT2D eigenvalue weighted by Gasteiger charge is -2.04. The molecule has 1 heterocycles. The van der Waals surface area contributed by atoms with Crippen LogP contribution in [0.1, 0.15) is 24.7 Å². The number of hydrogen-bond acceptors (Lipinski definition) is 2. The average molecular weight is 247 g/mol. The number of aryl methyl sites for hydroxylation is 1. The summed E-state index contributed by atoms with van der Waals surface area (Å²) in [7, 11) is 0. The van der Waals surface area contributed by atoms with Crippen molar-refractivity contribution >= 4 is 0 Å². The Balaban J connectivity index is 2.19. The molecule has 1 aromatic carbocycles. The van der Waals surface area contributed by atoms with E-state index in [0.717, 1.165) is 24.3 Å². The van der Waals surface area contributed by atoms with Crippen LogP contribution in [0.25, 0.3) is 11.3 Å². The maximum Gasteiger partial charge on any atom is 0.137 e. The van der Waals surface area contributed by atoms with Gasteiger partial charge in [-0.1, -0.05) is 19.1 Å². The average Bonchev–Trinajstić information content (AvgIpc) is 2.78. The zero-order valence-corrected chi connectivity index (χ0v) is 10.8. The molecule has 18 heavy (non-hydrogen) atoms. The van der Waals surface area contributed by atoms with Gasteiger partial charge in [0.2, 0.25) is 0 Å². The van der Waals surface area contributed by atoms with Crippen LogP contribution in [0.15, 0.2) is 34.7 Å². The highest BCUT2D eigenvalue weighted by atomic mass is 19.1. The van der Waals surface area contributed by atoms with E-state index in [1.807, 2.05) is 25.1 Å². The highest BCUT2D eigenvalue weighted by Crippen LogP contribution is 2.28. The predicted molar refractivity (Wildman–Crippen MR) is 70.8 cm³/mol. The van der Waals surface area contributed by atoms with Crippen LogP contribution in [0, 0.1) is 12.7 Å². The Labute approximate surface area is 107 Å². The lowest BCUT2D eigenvalue weighted by atomic mass is 10.1. The van der Waals surface area contributed by atoms with Gasteiger partial charge in [-0.25, -0.2) is 4.39 Å². The van der Waals surface area contributed by atoms with Crippen molar-refractivity contribution < 1.29 is 8.81 Å². The Kier molecular flexibility index (Phi) is 4.15. The lowest BCUT2D eigenvalue weighted by molar-refractivity contribution is 0.490. The van der Waals surface area contributed by atoms with Crippen LogP contribution in [0.3, 0.4) is 0 Å². The van der Waals surface area contributed by atoms with Crippen LogP contribution in [0.5, 0.6) is 0 Å². The molecular formula is C15H18FNO. The molecule has 96 valence electrons. The molecule has 0 fully saturated rings. The van der Waals surface area contributed by atoms with Gasteiger partial charge in [0.25, 0.3) is 0 Å². The first-order valence-electron chi connectivity index (χ1n) is 6.27. The Hall–Kier alpha value is -1.61. The first kappa shape index (κ1) is 12.8. The Morgan fingerprint density at radius 2 is 2.06 bits per heavy atom. The summed E-state index contributed by atoms with van der Waals surface area (Å²) in [6.07, 6.45) is 1.08. The number of halogens is 1. The molecule has 0 saturated heterocycles. The predicted octanol–water partition coefficient (Wildman–Crippen LogP) is 3.89. The monoisotopic (exact) mass is 247 g/mol. The molecule has 0 spiro atoms. The molecule has 0 atom stereocenters. The zero-order valence-electron chi connectivity index (χ0n) is 10.8. The fourth-order valence-corrected chi connectivity index (χ4v) is 1.94. The van der Waals surface area contributed by atoms with Gasteiger partial charge in [0, 0.05) is 0 Å². The smallest absolute Gasteiger partial charge is 0.137 e. The topological polar surface area (TPSA) is 25.2 Å². The van der Waals surface area contributed by atoms with E-state index >= 15 is 0 Å². The van der Waals surface area contributed by atoms with E-state index in [1.54, 1.807) is 6.07 Å². The first-order valence-corrected chi connectivity index (χ1v) is 6.27. The van der Waals surface area contributed by atoms with E-state index in [1.165, 1.54) is 6.07 Å². The maximum atomic E-state index is 13.8. The summed E-state index contributed by atoms with van der Waals surface area (Å²) < 4.78 is 19.5. The summed E-state index contributed by atoms with van der Waals surface area (Å²) in [5.41, 5.74) is 1.44. The molecule has 0 saturated carbocycles. The Morgan fingerprint density at radius 3 is 2.78 bits per heavy atom. The largest absolute Gasteiger partial charge is 0.460 e. The van der Waals surface area contributed by atoms with Crippen LogP contribution >= 0.6 is 0 Å². The molecule has 0 aliphatic rings. The highest BCUT2D eigenvalue weighted by Gasteiger charge is 2.11. The number of benzene rings is 1. The Morgan fingerprint density at radius 1 is 1.22 bits per heavy atom. The molecular weight excluding hydrogens is 229 g/mol. The third kappa shape index (κ3) is 2.79. The molecule has 3 heteroatoms. The molecule has 0 unspecified atom stereocenters. The van der Waals surface area contributed by atoms with Crippen molar-refractivity contribution in [2.24, 2.45) is 0 Å². The molecule has 1 aromatic heterocycles. The van der Waals surface area contributed by atoms with E-state index < -0.39 is 0 Å². The molecule has 0 aliphatic carbocycles. The number of furan rings is 1. The van der Waals surface area contributed by atoms with Crippen LogP contribution in [0.4, 0.5) is 4.39 Å². The second-order valence-corrected chi connectivity index (χ2v) is 4.37. The van der Waals surface area contributed by atoms with Gasteiger partial charge in [0.15, 0.2) is 0 Å². The van der Waals surface area contributed by atoms with Crippen molar-refractivity contribution in [3.05, 3.63) is 47.5 Å². The summed E-state index contributed by atoms with van der Waals surface area (Å²) in [4.78, 5) is 0. The lowest BCUT2D eigenvalue weighted by Crippen LogP contribution is -2.12. The second-order valence-electron chi connectivity index (χ2n) is 4.37. The van der Waals surface area contributed by atoms with Crippen LogP contribution in [-0.2, 0) is 6.54 Å². The molecule has 2 aromatic rings. The molecule has 1 N–H and O–H groups in total. The number of nitrogens with one attached hydrogen (secondary N) is 1. The SMILES string of the molecule is CCCNCc1ccc(-c2c(C)cccc2F)o1. The van der Waals surface area contributed by atoms with Gasteiger partial charge >= 0.3 is 0 Å². The van der Waals surface area contributed by atoms with Crippen molar-refractivity contribution in [2.45, 2.75) is 26.8 Å². The summed E-state index contributed by atoms with van der Waals surface area (Å²) in [6, 6.07) is 8.77. The fraction of sp³-hybridized carbons (Fsp3) is 0.333. The second kappa shape index (κ2) is 5.83. The van der Waals surface area contributed by atoms with E-state index in [2.05, 4.69) is 12.2 Å². The minimum Gasteiger partial charge on any atom is -0.460 e. The third-order valence-corrected chi connectivity index (χ3v) is 2.86. The van der Waals surface area contributed by atoms with Crippen molar-refractivity contribution in [3.8, 4) is 11.3 Å². The zero-order chi connectivity index (χ0) is 13.0. The van der Waals surface area contributed by atoms with E-state index in [4.69, 9.17) is 4.42 Å². The van der Waals surface area contributed by atoms with Crippen LogP contribution < -0.4 is 5.32 Å². The van der Waals surface area contributed by atoms with Gasteiger partial charge in [-0.3, -0.25) is 0 Å². The van der Waals surface area contributed by atoms with Crippen LogP contribution in [-0.4, -0.2) is 6.54 Å². The van der Waals surface area contributed by atoms with Crippen molar-refractivity contribution in [2.75, 3.05) is 6.54 Å². The third-order valence-electron chi connectivity index (χ3n) is 2.86. The van der Waals surface area contributed by atoms with Gasteiger partial charge in [-0.15, -0.1) is 0 Å². The molecule has 0 bridgehead atoms. The molecule has 0 aliphatic heterocycles. The van der Waals surface area contributed by atoms with Gasteiger partial charge in [0.05, 0.1) is 12.1 Å². The maximum absolute atomic E-state index is 13.8. The van der Waals surface area contributed by atoms with E-state index in [0.29, 0.717) is 17.9 Å². The minimum absolute atomic E-state index is 0.239. The van der Waals surface area contributed by atoms with Crippen molar-refractivity contribution in [1.82, 2.24) is 5.32 Å². The van der Waals surface area contributed by atoms with Crippen molar-refractivity contribution in [1.29, 1.82) is 0 Å². The van der Waals surface area contributed by atoms with Gasteiger partial charge in [0.1, 0.15) is 17.3 Å². The van der Waals surface area contributed by atoms with Crippen molar-refractivity contribution in [3.63, 3.8) is 0 Å². The molecule has 0 radical (unpaired) electrons. The number of hydrogen-bond donors (Lipinski definition) is 1. The molecule has 0 amide bonds. The van der Waals surface area contributed by atoms with E-state index in [9.17, 15) is 4.39 Å². The summed E-state index contributed by atoms with van der Waals surface area (Å²) in [5, 5.41) is 3.26. The van der Waals surface area contributed by atoms with E-state index in [-0.39, 0.29) is 5.82 Å². The summed E-state index contributed by atoms with van der Waals surface area (Å²) in [5.74, 6) is 1.19. The minimum atomic E-state index is -0.239.